The number of ether oxygens (including phenoxy) is 1. The van der Waals surface area contributed by atoms with Crippen molar-refractivity contribution in [1.29, 1.82) is 0 Å². The van der Waals surface area contributed by atoms with Gasteiger partial charge in [-0.05, 0) is 29.8 Å². The first kappa shape index (κ1) is 24.7. The number of hydrogen-bond acceptors (Lipinski definition) is 4. The SMILES string of the molecule is CN=C(NCc1ccc(N2CCOCC2)c(F)c1)NCC(C)Sc1ccccc1.I. The number of anilines is 1. The number of benzene rings is 2. The standard InChI is InChI=1S/C22H29FN4OS.HI/c1-17(29-19-6-4-3-5-7-19)15-25-22(24-2)26-16-18-8-9-21(20(23)14-18)27-10-12-28-13-11-27;/h3-9,14,17H,10-13,15-16H2,1-2H3,(H2,24,25,26);1H. The van der Waals surface area contributed by atoms with Crippen molar-refractivity contribution in [1.82, 2.24) is 10.6 Å². The van der Waals surface area contributed by atoms with Crippen molar-refractivity contribution in [2.45, 2.75) is 23.6 Å². The molecule has 0 bridgehead atoms. The van der Waals surface area contributed by atoms with Gasteiger partial charge >= 0.3 is 0 Å². The molecule has 3 rings (SSSR count). The van der Waals surface area contributed by atoms with Gasteiger partial charge in [0.15, 0.2) is 5.96 Å². The summed E-state index contributed by atoms with van der Waals surface area (Å²) in [4.78, 5) is 7.55. The van der Waals surface area contributed by atoms with E-state index < -0.39 is 0 Å². The van der Waals surface area contributed by atoms with E-state index in [9.17, 15) is 4.39 Å². The third-order valence-corrected chi connectivity index (χ3v) is 5.80. The van der Waals surface area contributed by atoms with Gasteiger partial charge in [0.05, 0.1) is 18.9 Å². The van der Waals surface area contributed by atoms with Gasteiger partial charge in [-0.2, -0.15) is 0 Å². The Hall–Kier alpha value is -1.52. The summed E-state index contributed by atoms with van der Waals surface area (Å²) in [5.41, 5.74) is 1.53. The van der Waals surface area contributed by atoms with Gasteiger partial charge in [0.1, 0.15) is 5.82 Å². The van der Waals surface area contributed by atoms with Gasteiger partial charge in [-0.3, -0.25) is 4.99 Å². The molecule has 1 aliphatic heterocycles. The minimum absolute atomic E-state index is 0. The monoisotopic (exact) mass is 544 g/mol. The Morgan fingerprint density at radius 1 is 1.17 bits per heavy atom. The Labute approximate surface area is 199 Å². The van der Waals surface area contributed by atoms with E-state index in [-0.39, 0.29) is 29.8 Å². The van der Waals surface area contributed by atoms with E-state index in [1.165, 1.54) is 4.90 Å². The summed E-state index contributed by atoms with van der Waals surface area (Å²) in [6.07, 6.45) is 0. The quantitative estimate of drug-likeness (QED) is 0.238. The zero-order chi connectivity index (χ0) is 20.5. The summed E-state index contributed by atoms with van der Waals surface area (Å²) >= 11 is 1.82. The maximum Gasteiger partial charge on any atom is 0.191 e. The molecular formula is C22H30FIN4OS. The van der Waals surface area contributed by atoms with Crippen LogP contribution in [0.1, 0.15) is 12.5 Å². The third kappa shape index (κ3) is 7.63. The molecule has 0 saturated carbocycles. The highest BCUT2D eigenvalue weighted by Crippen LogP contribution is 2.22. The van der Waals surface area contributed by atoms with Gasteiger partial charge in [0.25, 0.3) is 0 Å². The molecule has 0 spiro atoms. The molecule has 0 radical (unpaired) electrons. The van der Waals surface area contributed by atoms with E-state index in [1.807, 2.05) is 47.0 Å². The summed E-state index contributed by atoms with van der Waals surface area (Å²) in [6.45, 7) is 6.22. The molecule has 30 heavy (non-hydrogen) atoms. The molecular weight excluding hydrogens is 514 g/mol. The van der Waals surface area contributed by atoms with Gasteiger partial charge in [0, 0.05) is 43.4 Å². The van der Waals surface area contributed by atoms with Crippen molar-refractivity contribution >= 4 is 47.4 Å². The molecule has 0 aliphatic carbocycles. The Balaban J connectivity index is 0.00000320. The lowest BCUT2D eigenvalue weighted by molar-refractivity contribution is 0.122. The molecule has 1 fully saturated rings. The van der Waals surface area contributed by atoms with Crippen LogP contribution in [-0.2, 0) is 11.3 Å². The predicted octanol–water partition coefficient (Wildman–Crippen LogP) is 4.13. The highest BCUT2D eigenvalue weighted by atomic mass is 127. The van der Waals surface area contributed by atoms with Crippen LogP contribution in [0.4, 0.5) is 10.1 Å². The molecule has 2 aromatic rings. The Morgan fingerprint density at radius 3 is 2.57 bits per heavy atom. The molecule has 0 amide bonds. The minimum atomic E-state index is -0.193. The van der Waals surface area contributed by atoms with Crippen LogP contribution in [0.15, 0.2) is 58.4 Å². The van der Waals surface area contributed by atoms with E-state index in [0.29, 0.717) is 36.7 Å². The van der Waals surface area contributed by atoms with Crippen molar-refractivity contribution in [3.05, 3.63) is 59.9 Å². The number of guanidine groups is 1. The summed E-state index contributed by atoms with van der Waals surface area (Å²) in [7, 11) is 1.74. The highest BCUT2D eigenvalue weighted by molar-refractivity contribution is 14.0. The van der Waals surface area contributed by atoms with Crippen LogP contribution in [-0.4, -0.2) is 51.1 Å². The second kappa shape index (κ2) is 13.0. The second-order valence-electron chi connectivity index (χ2n) is 6.93. The van der Waals surface area contributed by atoms with E-state index in [1.54, 1.807) is 13.1 Å². The van der Waals surface area contributed by atoms with Crippen molar-refractivity contribution in [2.24, 2.45) is 4.99 Å². The van der Waals surface area contributed by atoms with Crippen LogP contribution in [0.3, 0.4) is 0 Å². The molecule has 2 aromatic carbocycles. The van der Waals surface area contributed by atoms with Gasteiger partial charge in [-0.15, -0.1) is 35.7 Å². The molecule has 0 aromatic heterocycles. The van der Waals surface area contributed by atoms with E-state index in [4.69, 9.17) is 4.74 Å². The topological polar surface area (TPSA) is 48.9 Å². The predicted molar refractivity (Wildman–Crippen MR) is 135 cm³/mol. The van der Waals surface area contributed by atoms with E-state index >= 15 is 0 Å². The zero-order valence-electron chi connectivity index (χ0n) is 17.4. The number of aliphatic imine (C=N–C) groups is 1. The van der Waals surface area contributed by atoms with Crippen molar-refractivity contribution < 1.29 is 9.13 Å². The second-order valence-corrected chi connectivity index (χ2v) is 8.45. The summed E-state index contributed by atoms with van der Waals surface area (Å²) in [5, 5.41) is 6.99. The number of nitrogens with zero attached hydrogens (tertiary/aromatic N) is 2. The number of halogens is 2. The lowest BCUT2D eigenvalue weighted by atomic mass is 10.1. The molecule has 1 heterocycles. The number of thioether (sulfide) groups is 1. The molecule has 5 nitrogen and oxygen atoms in total. The summed E-state index contributed by atoms with van der Waals surface area (Å²) < 4.78 is 19.9. The first-order chi connectivity index (χ1) is 14.2. The maximum atomic E-state index is 14.5. The van der Waals surface area contributed by atoms with Crippen LogP contribution in [0.2, 0.25) is 0 Å². The van der Waals surface area contributed by atoms with Crippen LogP contribution in [0.5, 0.6) is 0 Å². The van der Waals surface area contributed by atoms with Crippen molar-refractivity contribution in [3.8, 4) is 0 Å². The molecule has 1 saturated heterocycles. The number of rotatable bonds is 7. The first-order valence-electron chi connectivity index (χ1n) is 9.93. The molecule has 164 valence electrons. The highest BCUT2D eigenvalue weighted by Gasteiger charge is 2.15. The lowest BCUT2D eigenvalue weighted by Crippen LogP contribution is -2.39. The average Bonchev–Trinajstić information content (AvgIpc) is 2.75. The number of hydrogen-bond donors (Lipinski definition) is 2. The summed E-state index contributed by atoms with van der Waals surface area (Å²) in [5.74, 6) is 0.519. The van der Waals surface area contributed by atoms with E-state index in [0.717, 1.165) is 25.2 Å². The van der Waals surface area contributed by atoms with Crippen LogP contribution < -0.4 is 15.5 Å². The van der Waals surface area contributed by atoms with Crippen molar-refractivity contribution in [2.75, 3.05) is 44.8 Å². The molecule has 2 N–H and O–H groups in total. The first-order valence-corrected chi connectivity index (χ1v) is 10.8. The zero-order valence-corrected chi connectivity index (χ0v) is 20.6. The van der Waals surface area contributed by atoms with Gasteiger partial charge in [-0.25, -0.2) is 4.39 Å². The van der Waals surface area contributed by atoms with Gasteiger partial charge in [-0.1, -0.05) is 31.2 Å². The number of morpholine rings is 1. The largest absolute Gasteiger partial charge is 0.378 e. The molecule has 1 aliphatic rings. The molecule has 1 unspecified atom stereocenters. The minimum Gasteiger partial charge on any atom is -0.378 e. The fourth-order valence-corrected chi connectivity index (χ4v) is 4.09. The molecule has 1 atom stereocenters. The fourth-order valence-electron chi connectivity index (χ4n) is 3.14. The maximum absolute atomic E-state index is 14.5. The number of nitrogens with one attached hydrogen (secondary N) is 2. The van der Waals surface area contributed by atoms with Gasteiger partial charge < -0.3 is 20.3 Å². The van der Waals surface area contributed by atoms with Crippen molar-refractivity contribution in [3.63, 3.8) is 0 Å². The fraction of sp³-hybridized carbons (Fsp3) is 0.409. The Morgan fingerprint density at radius 2 is 1.90 bits per heavy atom. The van der Waals surface area contributed by atoms with Crippen LogP contribution >= 0.6 is 35.7 Å². The lowest BCUT2D eigenvalue weighted by Gasteiger charge is -2.29. The normalized spacial score (nSPS) is 15.3. The Bertz CT molecular complexity index is 803. The third-order valence-electron chi connectivity index (χ3n) is 4.68. The van der Waals surface area contributed by atoms with Crippen LogP contribution in [0, 0.1) is 5.82 Å². The smallest absolute Gasteiger partial charge is 0.191 e. The van der Waals surface area contributed by atoms with Gasteiger partial charge in [0.2, 0.25) is 0 Å². The Kier molecular flexibility index (Phi) is 10.7. The van der Waals surface area contributed by atoms with Crippen LogP contribution in [0.25, 0.3) is 0 Å². The molecule has 8 heteroatoms. The van der Waals surface area contributed by atoms with E-state index in [2.05, 4.69) is 34.7 Å². The average molecular weight is 544 g/mol. The summed E-state index contributed by atoms with van der Waals surface area (Å²) in [6, 6.07) is 15.8.